The highest BCUT2D eigenvalue weighted by atomic mass is 19.1. The van der Waals surface area contributed by atoms with Crippen molar-refractivity contribution in [2.45, 2.75) is 68.7 Å². The number of carbonyl (C=O) groups is 2. The van der Waals surface area contributed by atoms with Crippen molar-refractivity contribution in [3.8, 4) is 6.07 Å². The summed E-state index contributed by atoms with van der Waals surface area (Å²) in [5, 5.41) is 9.37. The lowest BCUT2D eigenvalue weighted by Gasteiger charge is -2.41. The number of hydrogen-bond donors (Lipinski definition) is 1. The molecular weight excluding hydrogens is 373 g/mol. The quantitative estimate of drug-likeness (QED) is 0.831. The Morgan fingerprint density at radius 2 is 1.93 bits per heavy atom. The zero-order chi connectivity index (χ0) is 20.3. The van der Waals surface area contributed by atoms with Crippen LogP contribution in [-0.4, -0.2) is 56.8 Å². The van der Waals surface area contributed by atoms with E-state index >= 15 is 0 Å². The summed E-state index contributed by atoms with van der Waals surface area (Å²) in [5.41, 5.74) is 6.45. The van der Waals surface area contributed by atoms with E-state index in [0.29, 0.717) is 18.8 Å². The van der Waals surface area contributed by atoms with Gasteiger partial charge in [-0.05, 0) is 56.4 Å². The van der Waals surface area contributed by atoms with Gasteiger partial charge >= 0.3 is 0 Å². The van der Waals surface area contributed by atoms with Gasteiger partial charge in [0.05, 0.1) is 23.9 Å². The maximum absolute atomic E-state index is 14.1. The third-order valence-electron chi connectivity index (χ3n) is 7.31. The monoisotopic (exact) mass is 397 g/mol. The van der Waals surface area contributed by atoms with Gasteiger partial charge in [-0.1, -0.05) is 0 Å². The van der Waals surface area contributed by atoms with Crippen LogP contribution < -0.4 is 5.73 Å². The molecule has 8 heteroatoms. The van der Waals surface area contributed by atoms with E-state index in [1.54, 1.807) is 9.80 Å². The summed E-state index contributed by atoms with van der Waals surface area (Å²) in [7, 11) is 0. The van der Waals surface area contributed by atoms with E-state index in [-0.39, 0.29) is 47.5 Å². The van der Waals surface area contributed by atoms with Crippen LogP contribution >= 0.6 is 0 Å². The van der Waals surface area contributed by atoms with Crippen molar-refractivity contribution in [3.63, 3.8) is 0 Å². The topological polar surface area (TPSA) is 103 Å². The van der Waals surface area contributed by atoms with Crippen LogP contribution in [0.3, 0.4) is 0 Å². The zero-order valence-corrected chi connectivity index (χ0v) is 16.1. The molecular formula is C21H24FN5O2. The number of likely N-dealkylation sites (tertiary alicyclic amines) is 1. The largest absolute Gasteiger partial charge is 0.333 e. The Bertz CT molecular complexity index is 887. The second kappa shape index (κ2) is 6.77. The number of aromatic nitrogens is 1. The van der Waals surface area contributed by atoms with Crippen molar-refractivity contribution in [3.05, 3.63) is 29.8 Å². The molecule has 6 atom stereocenters. The lowest BCUT2D eigenvalue weighted by molar-refractivity contribution is -0.135. The lowest BCUT2D eigenvalue weighted by Crippen LogP contribution is -2.55. The first-order chi connectivity index (χ1) is 14.0. The number of fused-ring (bicyclic) bond motifs is 3. The van der Waals surface area contributed by atoms with Gasteiger partial charge in [-0.15, -0.1) is 0 Å². The van der Waals surface area contributed by atoms with Crippen LogP contribution in [0, 0.1) is 29.0 Å². The number of carbonyl (C=O) groups excluding carboxylic acids is 2. The van der Waals surface area contributed by atoms with Crippen LogP contribution in [0.1, 0.15) is 48.9 Å². The molecule has 5 rings (SSSR count). The third-order valence-corrected chi connectivity index (χ3v) is 7.31. The molecule has 2 amide bonds. The van der Waals surface area contributed by atoms with E-state index in [0.717, 1.165) is 31.9 Å². The molecule has 4 heterocycles. The minimum absolute atomic E-state index is 0.0246. The molecule has 1 saturated carbocycles. The van der Waals surface area contributed by atoms with Crippen molar-refractivity contribution < 1.29 is 14.0 Å². The summed E-state index contributed by atoms with van der Waals surface area (Å²) < 4.78 is 14.1. The summed E-state index contributed by atoms with van der Waals surface area (Å²) in [6.07, 6.45) is 7.19. The number of hydrogen-bond acceptors (Lipinski definition) is 5. The fraction of sp³-hybridized carbons (Fsp3) is 0.619. The summed E-state index contributed by atoms with van der Waals surface area (Å²) in [6, 6.07) is 2.78. The smallest absolute Gasteiger partial charge is 0.257 e. The molecule has 2 N–H and O–H groups in total. The molecule has 2 bridgehead atoms. The van der Waals surface area contributed by atoms with E-state index in [4.69, 9.17) is 5.73 Å². The molecule has 1 aromatic rings. The molecule has 0 spiro atoms. The first kappa shape index (κ1) is 18.5. The van der Waals surface area contributed by atoms with Gasteiger partial charge in [0.25, 0.3) is 5.91 Å². The van der Waals surface area contributed by atoms with Crippen molar-refractivity contribution in [1.82, 2.24) is 14.8 Å². The van der Waals surface area contributed by atoms with Gasteiger partial charge in [0.2, 0.25) is 5.91 Å². The van der Waals surface area contributed by atoms with Crippen LogP contribution in [0.15, 0.2) is 18.5 Å². The molecule has 7 nitrogen and oxygen atoms in total. The van der Waals surface area contributed by atoms with Gasteiger partial charge in [0.15, 0.2) is 5.82 Å². The van der Waals surface area contributed by atoms with E-state index in [1.165, 1.54) is 12.3 Å². The molecule has 29 heavy (non-hydrogen) atoms. The lowest BCUT2D eigenvalue weighted by atomic mass is 9.84. The average molecular weight is 397 g/mol. The van der Waals surface area contributed by atoms with Crippen molar-refractivity contribution in [1.29, 1.82) is 5.26 Å². The average Bonchev–Trinajstić information content (AvgIpc) is 3.31. The SMILES string of the molecule is N#C[C@@H]1C[C@@H]2C[C@@H]2N1C(=O)[C@@H](N)C1CC2CCC(C1)N2C(=O)c1ccncc1F. The molecule has 2 unspecified atom stereocenters. The summed E-state index contributed by atoms with van der Waals surface area (Å²) in [4.78, 5) is 33.3. The number of nitriles is 1. The normalized spacial score (nSPS) is 35.8. The predicted octanol–water partition coefficient (Wildman–Crippen LogP) is 1.44. The van der Waals surface area contributed by atoms with Crippen LogP contribution in [0.25, 0.3) is 0 Å². The van der Waals surface area contributed by atoms with E-state index < -0.39 is 11.9 Å². The molecule has 0 radical (unpaired) electrons. The summed E-state index contributed by atoms with van der Waals surface area (Å²) in [5.74, 6) is -0.599. The number of piperidine rings is 2. The number of halogens is 1. The fourth-order valence-corrected chi connectivity index (χ4v) is 5.79. The third kappa shape index (κ3) is 2.91. The first-order valence-electron chi connectivity index (χ1n) is 10.4. The van der Waals surface area contributed by atoms with Crippen LogP contribution in [-0.2, 0) is 4.79 Å². The molecule has 3 saturated heterocycles. The Labute approximate surface area is 168 Å². The number of pyridine rings is 1. The van der Waals surface area contributed by atoms with Crippen LogP contribution in [0.2, 0.25) is 0 Å². The molecule has 4 fully saturated rings. The predicted molar refractivity (Wildman–Crippen MR) is 101 cm³/mol. The van der Waals surface area contributed by atoms with E-state index in [9.17, 15) is 19.2 Å². The van der Waals surface area contributed by atoms with Gasteiger partial charge in [-0.3, -0.25) is 14.6 Å². The van der Waals surface area contributed by atoms with Crippen LogP contribution in [0.4, 0.5) is 4.39 Å². The Kier molecular flexibility index (Phi) is 4.32. The van der Waals surface area contributed by atoms with Crippen LogP contribution in [0.5, 0.6) is 0 Å². The molecule has 0 aromatic carbocycles. The molecule has 3 aliphatic heterocycles. The van der Waals surface area contributed by atoms with Gasteiger partial charge in [0, 0.05) is 24.3 Å². The molecule has 4 aliphatic rings. The minimum Gasteiger partial charge on any atom is -0.333 e. The van der Waals surface area contributed by atoms with E-state index in [1.807, 2.05) is 0 Å². The van der Waals surface area contributed by atoms with Gasteiger partial charge in [-0.2, -0.15) is 5.26 Å². The Morgan fingerprint density at radius 1 is 1.21 bits per heavy atom. The highest BCUT2D eigenvalue weighted by Crippen LogP contribution is 2.48. The van der Waals surface area contributed by atoms with Crippen molar-refractivity contribution in [2.24, 2.45) is 17.6 Å². The van der Waals surface area contributed by atoms with Crippen molar-refractivity contribution >= 4 is 11.8 Å². The number of nitrogens with zero attached hydrogens (tertiary/aromatic N) is 4. The van der Waals surface area contributed by atoms with Gasteiger partial charge in [0.1, 0.15) is 6.04 Å². The molecule has 1 aromatic heterocycles. The summed E-state index contributed by atoms with van der Waals surface area (Å²) >= 11 is 0. The molecule has 152 valence electrons. The zero-order valence-electron chi connectivity index (χ0n) is 16.1. The highest BCUT2D eigenvalue weighted by Gasteiger charge is 2.56. The fourth-order valence-electron chi connectivity index (χ4n) is 5.79. The Balaban J connectivity index is 1.30. The molecule has 1 aliphatic carbocycles. The second-order valence-electron chi connectivity index (χ2n) is 8.90. The van der Waals surface area contributed by atoms with Crippen molar-refractivity contribution in [2.75, 3.05) is 0 Å². The van der Waals surface area contributed by atoms with E-state index in [2.05, 4.69) is 11.1 Å². The minimum atomic E-state index is -0.650. The maximum atomic E-state index is 14.1. The second-order valence-corrected chi connectivity index (χ2v) is 8.90. The number of nitrogens with two attached hydrogens (primary N) is 1. The Morgan fingerprint density at radius 3 is 2.59 bits per heavy atom. The maximum Gasteiger partial charge on any atom is 0.257 e. The van der Waals surface area contributed by atoms with Gasteiger partial charge in [-0.25, -0.2) is 4.39 Å². The summed E-state index contributed by atoms with van der Waals surface area (Å²) in [6.45, 7) is 0. The Hall–Kier alpha value is -2.53. The van der Waals surface area contributed by atoms with Gasteiger partial charge < -0.3 is 15.5 Å². The standard InChI is InChI=1S/C21H24FN5O2/c22-17-10-25-4-3-16(17)20(28)26-13-1-2-14(26)7-12(6-13)19(24)21(29)27-15(9-23)5-11-8-18(11)27/h3-4,10-15,18-19H,1-2,5-8,24H2/t11-,12?,13?,14?,15+,18+,19+/m1/s1. The highest BCUT2D eigenvalue weighted by molar-refractivity contribution is 5.95. The number of rotatable bonds is 3. The first-order valence-corrected chi connectivity index (χ1v) is 10.4. The number of amides is 2.